The van der Waals surface area contributed by atoms with Crippen molar-refractivity contribution >= 4 is 22.0 Å². The number of benzene rings is 1. The quantitative estimate of drug-likeness (QED) is 0.771. The van der Waals surface area contributed by atoms with Crippen LogP contribution in [0.3, 0.4) is 0 Å². The van der Waals surface area contributed by atoms with Gasteiger partial charge in [-0.1, -0.05) is 40.2 Å². The highest BCUT2D eigenvalue weighted by atomic mass is 79.9. The minimum atomic E-state index is 1.00. The van der Waals surface area contributed by atoms with Gasteiger partial charge in [0.1, 0.15) is 0 Å². The van der Waals surface area contributed by atoms with Crippen molar-refractivity contribution in [3.05, 3.63) is 53.4 Å². The summed E-state index contributed by atoms with van der Waals surface area (Å²) in [5, 5.41) is 5.50. The monoisotopic (exact) mass is 304 g/mol. The molecule has 18 heavy (non-hydrogen) atoms. The fourth-order valence-electron chi connectivity index (χ4n) is 1.93. The van der Waals surface area contributed by atoms with Crippen molar-refractivity contribution in [3.8, 4) is 5.69 Å². The fourth-order valence-corrected chi connectivity index (χ4v) is 2.20. The number of hydrogen-bond acceptors (Lipinski definition) is 1. The second kappa shape index (κ2) is 6.01. The molecule has 0 aliphatic heterocycles. The summed E-state index contributed by atoms with van der Waals surface area (Å²) in [5.74, 6) is 0. The standard InChI is InChI=1S/C15H17BrN2/c1-12-10-13(2)18(17-12)15-8-5-7-14(11-15)6-3-4-9-16/h3,5-8,10-11H,4,9H2,1-2H3. The molecule has 0 atom stereocenters. The maximum absolute atomic E-state index is 4.50. The number of halogens is 1. The molecule has 0 aliphatic rings. The van der Waals surface area contributed by atoms with Crippen molar-refractivity contribution in [2.75, 3.05) is 5.33 Å². The van der Waals surface area contributed by atoms with Crippen LogP contribution in [0.15, 0.2) is 36.4 Å². The SMILES string of the molecule is Cc1cc(C)n(-c2cccc(C=CCCBr)c2)n1. The summed E-state index contributed by atoms with van der Waals surface area (Å²) in [6, 6.07) is 10.5. The van der Waals surface area contributed by atoms with Crippen LogP contribution < -0.4 is 0 Å². The molecule has 1 heterocycles. The zero-order valence-electron chi connectivity index (χ0n) is 10.7. The topological polar surface area (TPSA) is 17.8 Å². The molecule has 0 bridgehead atoms. The fraction of sp³-hybridized carbons (Fsp3) is 0.267. The molecule has 0 unspecified atom stereocenters. The maximum atomic E-state index is 4.50. The lowest BCUT2D eigenvalue weighted by molar-refractivity contribution is 0.833. The first-order valence-electron chi connectivity index (χ1n) is 6.07. The first kappa shape index (κ1) is 13.1. The van der Waals surface area contributed by atoms with Crippen molar-refractivity contribution in [2.45, 2.75) is 20.3 Å². The number of hydrogen-bond donors (Lipinski definition) is 0. The number of aryl methyl sites for hydroxylation is 2. The third kappa shape index (κ3) is 3.10. The molecule has 94 valence electrons. The average molecular weight is 305 g/mol. The summed E-state index contributed by atoms with van der Waals surface area (Å²) in [6.45, 7) is 4.09. The molecular weight excluding hydrogens is 288 g/mol. The lowest BCUT2D eigenvalue weighted by Gasteiger charge is -2.05. The highest BCUT2D eigenvalue weighted by molar-refractivity contribution is 9.09. The van der Waals surface area contributed by atoms with Crippen molar-refractivity contribution in [2.24, 2.45) is 0 Å². The average Bonchev–Trinajstić information content (AvgIpc) is 2.69. The predicted molar refractivity (Wildman–Crippen MR) is 80.5 cm³/mol. The van der Waals surface area contributed by atoms with Crippen molar-refractivity contribution in [1.29, 1.82) is 0 Å². The second-order valence-corrected chi connectivity index (χ2v) is 5.11. The Morgan fingerprint density at radius 3 is 2.78 bits per heavy atom. The third-order valence-corrected chi connectivity index (χ3v) is 3.17. The van der Waals surface area contributed by atoms with Gasteiger partial charge in [-0.05, 0) is 44.0 Å². The zero-order valence-corrected chi connectivity index (χ0v) is 12.3. The minimum absolute atomic E-state index is 1.00. The minimum Gasteiger partial charge on any atom is -0.238 e. The van der Waals surface area contributed by atoms with Crippen molar-refractivity contribution in [1.82, 2.24) is 9.78 Å². The van der Waals surface area contributed by atoms with E-state index in [1.165, 1.54) is 5.56 Å². The maximum Gasteiger partial charge on any atom is 0.0654 e. The van der Waals surface area contributed by atoms with Crippen LogP contribution in [0.25, 0.3) is 11.8 Å². The van der Waals surface area contributed by atoms with Crippen LogP contribution in [0.1, 0.15) is 23.4 Å². The molecule has 0 amide bonds. The van der Waals surface area contributed by atoms with E-state index in [4.69, 9.17) is 0 Å². The van der Waals surface area contributed by atoms with Crippen LogP contribution >= 0.6 is 15.9 Å². The van der Waals surface area contributed by atoms with Gasteiger partial charge in [0.2, 0.25) is 0 Å². The van der Waals surface area contributed by atoms with Gasteiger partial charge >= 0.3 is 0 Å². The molecule has 2 rings (SSSR count). The van der Waals surface area contributed by atoms with Crippen LogP contribution in [0.5, 0.6) is 0 Å². The Morgan fingerprint density at radius 2 is 2.11 bits per heavy atom. The second-order valence-electron chi connectivity index (χ2n) is 4.31. The molecule has 1 aromatic carbocycles. The number of aromatic nitrogens is 2. The molecule has 0 saturated carbocycles. The van der Waals surface area contributed by atoms with Crippen LogP contribution in [-0.2, 0) is 0 Å². The normalized spacial score (nSPS) is 11.3. The highest BCUT2D eigenvalue weighted by Crippen LogP contribution is 2.14. The summed E-state index contributed by atoms with van der Waals surface area (Å²) < 4.78 is 1.98. The smallest absolute Gasteiger partial charge is 0.0654 e. The molecule has 0 saturated heterocycles. The number of allylic oxidation sites excluding steroid dienone is 1. The number of nitrogens with zero attached hydrogens (tertiary/aromatic N) is 2. The van der Waals surface area contributed by atoms with Gasteiger partial charge in [-0.25, -0.2) is 4.68 Å². The van der Waals surface area contributed by atoms with Gasteiger partial charge in [0, 0.05) is 11.0 Å². The van der Waals surface area contributed by atoms with Crippen LogP contribution in [0.4, 0.5) is 0 Å². The van der Waals surface area contributed by atoms with Crippen molar-refractivity contribution < 1.29 is 0 Å². The van der Waals surface area contributed by atoms with Gasteiger partial charge in [0.15, 0.2) is 0 Å². The Kier molecular flexibility index (Phi) is 4.37. The zero-order chi connectivity index (χ0) is 13.0. The Labute approximate surface area is 116 Å². The van der Waals surface area contributed by atoms with E-state index in [0.29, 0.717) is 0 Å². The molecule has 0 aliphatic carbocycles. The Hall–Kier alpha value is -1.35. The van der Waals surface area contributed by atoms with Crippen LogP contribution in [0.2, 0.25) is 0 Å². The molecule has 3 heteroatoms. The first-order chi connectivity index (χ1) is 8.70. The van der Waals surface area contributed by atoms with Crippen LogP contribution in [-0.4, -0.2) is 15.1 Å². The highest BCUT2D eigenvalue weighted by Gasteiger charge is 2.03. The summed E-state index contributed by atoms with van der Waals surface area (Å²) in [6.07, 6.45) is 5.37. The summed E-state index contributed by atoms with van der Waals surface area (Å²) in [5.41, 5.74) is 4.53. The van der Waals surface area contributed by atoms with E-state index >= 15 is 0 Å². The molecule has 0 radical (unpaired) electrons. The molecule has 0 N–H and O–H groups in total. The number of alkyl halides is 1. The summed E-state index contributed by atoms with van der Waals surface area (Å²) >= 11 is 3.42. The Balaban J connectivity index is 2.29. The molecule has 0 fully saturated rings. The van der Waals surface area contributed by atoms with Crippen LogP contribution in [0, 0.1) is 13.8 Å². The van der Waals surface area contributed by atoms with Gasteiger partial charge in [-0.3, -0.25) is 0 Å². The Morgan fingerprint density at radius 1 is 1.28 bits per heavy atom. The molecule has 2 nitrogen and oxygen atoms in total. The summed E-state index contributed by atoms with van der Waals surface area (Å²) in [7, 11) is 0. The van der Waals surface area contributed by atoms with E-state index in [0.717, 1.165) is 28.8 Å². The van der Waals surface area contributed by atoms with E-state index in [1.807, 2.05) is 11.6 Å². The van der Waals surface area contributed by atoms with E-state index < -0.39 is 0 Å². The Bertz CT molecular complexity index is 555. The molecule has 2 aromatic rings. The number of rotatable bonds is 4. The van der Waals surface area contributed by atoms with E-state index in [2.05, 4.69) is 70.4 Å². The van der Waals surface area contributed by atoms with Crippen molar-refractivity contribution in [3.63, 3.8) is 0 Å². The lowest BCUT2D eigenvalue weighted by atomic mass is 10.2. The largest absolute Gasteiger partial charge is 0.238 e. The van der Waals surface area contributed by atoms with Gasteiger partial charge in [-0.2, -0.15) is 5.10 Å². The van der Waals surface area contributed by atoms with Gasteiger partial charge < -0.3 is 0 Å². The molecular formula is C15H17BrN2. The van der Waals surface area contributed by atoms with Gasteiger partial charge in [0.05, 0.1) is 11.4 Å². The van der Waals surface area contributed by atoms with E-state index in [9.17, 15) is 0 Å². The van der Waals surface area contributed by atoms with Gasteiger partial charge in [0.25, 0.3) is 0 Å². The molecule has 0 spiro atoms. The third-order valence-electron chi connectivity index (χ3n) is 2.71. The predicted octanol–water partition coefficient (Wildman–Crippen LogP) is 4.29. The van der Waals surface area contributed by atoms with E-state index in [-0.39, 0.29) is 0 Å². The lowest BCUT2D eigenvalue weighted by Crippen LogP contribution is -1.98. The molecule has 1 aromatic heterocycles. The summed E-state index contributed by atoms with van der Waals surface area (Å²) in [4.78, 5) is 0. The van der Waals surface area contributed by atoms with Gasteiger partial charge in [-0.15, -0.1) is 0 Å². The van der Waals surface area contributed by atoms with E-state index in [1.54, 1.807) is 0 Å². The first-order valence-corrected chi connectivity index (χ1v) is 7.19.